The highest BCUT2D eigenvalue weighted by atomic mass is 16.5. The van der Waals surface area contributed by atoms with Gasteiger partial charge in [0.25, 0.3) is 0 Å². The number of esters is 1. The van der Waals surface area contributed by atoms with Crippen LogP contribution < -0.4 is 5.32 Å². The Morgan fingerprint density at radius 1 is 0.492 bits per heavy atom. The fraction of sp³-hybridized carbons (Fsp3) is 0.709. The maximum absolute atomic E-state index is 13.2. The summed E-state index contributed by atoms with van der Waals surface area (Å²) < 4.78 is 5.88. The van der Waals surface area contributed by atoms with E-state index < -0.39 is 18.2 Å². The summed E-state index contributed by atoms with van der Waals surface area (Å²) in [6.45, 7) is 6.19. The molecule has 3 unspecified atom stereocenters. The molecule has 1 amide bonds. The largest absolute Gasteiger partial charge is 0.462 e. The average Bonchev–Trinajstić information content (AvgIpc) is 3.25. The lowest BCUT2D eigenvalue weighted by atomic mass is 10.0. The molecule has 0 radical (unpaired) electrons. The van der Waals surface area contributed by atoms with Crippen LogP contribution in [-0.2, 0) is 14.3 Å². The fourth-order valence-electron chi connectivity index (χ4n) is 7.33. The van der Waals surface area contributed by atoms with Crippen molar-refractivity contribution in [1.82, 2.24) is 5.32 Å². The number of carbonyl (C=O) groups is 2. The van der Waals surface area contributed by atoms with E-state index in [0.717, 1.165) is 70.6 Å². The topological polar surface area (TPSA) is 95.9 Å². The number of hydrogen-bond donors (Lipinski definition) is 3. The fourth-order valence-corrected chi connectivity index (χ4v) is 7.33. The number of unbranched alkanes of at least 4 members (excludes halogenated alkanes) is 23. The minimum Gasteiger partial charge on any atom is -0.462 e. The summed E-state index contributed by atoms with van der Waals surface area (Å²) in [5.41, 5.74) is 0. The summed E-state index contributed by atoms with van der Waals surface area (Å²) in [6, 6.07) is -0.729. The summed E-state index contributed by atoms with van der Waals surface area (Å²) >= 11 is 0. The Morgan fingerprint density at radius 3 is 1.38 bits per heavy atom. The molecule has 3 atom stereocenters. The highest BCUT2D eigenvalue weighted by Crippen LogP contribution is 2.17. The zero-order valence-electron chi connectivity index (χ0n) is 39.8. The second-order valence-electron chi connectivity index (χ2n) is 17.0. The van der Waals surface area contributed by atoms with Crippen LogP contribution in [-0.4, -0.2) is 46.9 Å². The first-order chi connectivity index (χ1) is 30.0. The van der Waals surface area contributed by atoms with Gasteiger partial charge < -0.3 is 20.3 Å². The van der Waals surface area contributed by atoms with Crippen LogP contribution in [0.15, 0.2) is 85.1 Å². The lowest BCUT2D eigenvalue weighted by Gasteiger charge is -2.24. The summed E-state index contributed by atoms with van der Waals surface area (Å²) in [5.74, 6) is -0.560. The van der Waals surface area contributed by atoms with Crippen LogP contribution in [0.25, 0.3) is 0 Å². The van der Waals surface area contributed by atoms with Crippen molar-refractivity contribution in [3.63, 3.8) is 0 Å². The molecule has 0 aliphatic heterocycles. The lowest BCUT2D eigenvalue weighted by molar-refractivity contribution is -0.151. The minimum atomic E-state index is -0.811. The van der Waals surface area contributed by atoms with Crippen molar-refractivity contribution in [2.24, 2.45) is 0 Å². The standard InChI is InChI=1S/C55H95NO5/c1-4-7-10-13-16-19-22-24-26-28-29-32-35-38-41-44-47-53(58)52(50-57)56-54(59)49-51(46-43-40-37-34-31-21-18-15-12-9-6-3)61-55(60)48-45-42-39-36-33-30-27-25-23-20-17-14-11-8-5-2/h8-9,11-12,14-15,17-18,20-21,23,31,34,37,51-53,57-58H,4-7,10,13,16,19,22,24-30,32-33,35-36,38-50H2,1-3H3,(H,56,59)/b11-8+,12-9+,17-14+,18-15+,23-20+,31-21-,37-34-. The molecule has 0 bridgehead atoms. The number of allylic oxidation sites excluding steroid dienone is 14. The van der Waals surface area contributed by atoms with Crippen molar-refractivity contribution in [2.75, 3.05) is 6.61 Å². The molecule has 0 saturated heterocycles. The molecule has 0 aliphatic carbocycles. The maximum Gasteiger partial charge on any atom is 0.306 e. The van der Waals surface area contributed by atoms with E-state index in [1.54, 1.807) is 0 Å². The van der Waals surface area contributed by atoms with Crippen LogP contribution in [0.1, 0.15) is 226 Å². The summed E-state index contributed by atoms with van der Waals surface area (Å²) in [6.07, 6.45) is 62.2. The molecule has 0 saturated carbocycles. The van der Waals surface area contributed by atoms with Crippen molar-refractivity contribution in [2.45, 2.75) is 244 Å². The van der Waals surface area contributed by atoms with E-state index >= 15 is 0 Å². The molecule has 6 nitrogen and oxygen atoms in total. The normalized spacial score (nSPS) is 14.0. The molecule has 0 aliphatic rings. The molecule has 3 N–H and O–H groups in total. The number of nitrogens with one attached hydrogen (secondary N) is 1. The first-order valence-corrected chi connectivity index (χ1v) is 25.4. The number of aliphatic hydroxyl groups excluding tert-OH is 2. The zero-order chi connectivity index (χ0) is 44.5. The van der Waals surface area contributed by atoms with Gasteiger partial charge in [-0.25, -0.2) is 0 Å². The molecule has 0 spiro atoms. The van der Waals surface area contributed by atoms with E-state index in [0.29, 0.717) is 19.3 Å². The van der Waals surface area contributed by atoms with Gasteiger partial charge in [-0.3, -0.25) is 9.59 Å². The summed E-state index contributed by atoms with van der Waals surface area (Å²) in [7, 11) is 0. The van der Waals surface area contributed by atoms with Gasteiger partial charge in [0, 0.05) is 6.42 Å². The number of aliphatic hydroxyl groups is 2. The number of rotatable bonds is 44. The van der Waals surface area contributed by atoms with Gasteiger partial charge in [-0.05, 0) is 57.8 Å². The van der Waals surface area contributed by atoms with Gasteiger partial charge in [0.05, 0.1) is 25.2 Å². The molecule has 61 heavy (non-hydrogen) atoms. The Bertz CT molecular complexity index is 1180. The number of ether oxygens (including phenoxy) is 1. The van der Waals surface area contributed by atoms with Gasteiger partial charge in [-0.1, -0.05) is 241 Å². The molecule has 0 aromatic heterocycles. The average molecular weight is 850 g/mol. The van der Waals surface area contributed by atoms with E-state index in [1.807, 2.05) is 36.5 Å². The highest BCUT2D eigenvalue weighted by Gasteiger charge is 2.24. The van der Waals surface area contributed by atoms with E-state index in [1.165, 1.54) is 109 Å². The Hall–Kier alpha value is -2.96. The number of amides is 1. The second kappa shape index (κ2) is 48.1. The molecule has 6 heteroatoms. The van der Waals surface area contributed by atoms with E-state index in [4.69, 9.17) is 4.74 Å². The van der Waals surface area contributed by atoms with Crippen LogP contribution in [0.4, 0.5) is 0 Å². The molecule has 0 heterocycles. The van der Waals surface area contributed by atoms with Gasteiger partial charge in [-0.15, -0.1) is 0 Å². The Morgan fingerprint density at radius 2 is 0.902 bits per heavy atom. The maximum atomic E-state index is 13.2. The van der Waals surface area contributed by atoms with E-state index in [9.17, 15) is 19.8 Å². The third kappa shape index (κ3) is 43.5. The van der Waals surface area contributed by atoms with E-state index in [-0.39, 0.29) is 24.9 Å². The van der Waals surface area contributed by atoms with Gasteiger partial charge >= 0.3 is 5.97 Å². The minimum absolute atomic E-state index is 0.0229. The summed E-state index contributed by atoms with van der Waals surface area (Å²) in [4.78, 5) is 26.1. The lowest BCUT2D eigenvalue weighted by Crippen LogP contribution is -2.46. The van der Waals surface area contributed by atoms with Gasteiger partial charge in [0.15, 0.2) is 0 Å². The van der Waals surface area contributed by atoms with Crippen LogP contribution >= 0.6 is 0 Å². The third-order valence-corrected chi connectivity index (χ3v) is 11.1. The molecular formula is C55H95NO5. The number of hydrogen-bond acceptors (Lipinski definition) is 5. The Kier molecular flexibility index (Phi) is 45.7. The predicted octanol–water partition coefficient (Wildman–Crippen LogP) is 15.2. The first-order valence-electron chi connectivity index (χ1n) is 25.4. The zero-order valence-corrected chi connectivity index (χ0v) is 39.8. The monoisotopic (exact) mass is 850 g/mol. The second-order valence-corrected chi connectivity index (χ2v) is 17.0. The number of carbonyl (C=O) groups excluding carboxylic acids is 2. The predicted molar refractivity (Wildman–Crippen MR) is 264 cm³/mol. The molecule has 0 aromatic rings. The van der Waals surface area contributed by atoms with Crippen LogP contribution in [0.3, 0.4) is 0 Å². The van der Waals surface area contributed by atoms with Crippen molar-refractivity contribution in [1.29, 1.82) is 0 Å². The molecule has 350 valence electrons. The van der Waals surface area contributed by atoms with Crippen molar-refractivity contribution in [3.05, 3.63) is 85.1 Å². The van der Waals surface area contributed by atoms with Crippen LogP contribution in [0.2, 0.25) is 0 Å². The molecule has 0 fully saturated rings. The molecule has 0 aromatic carbocycles. The Balaban J connectivity index is 4.59. The van der Waals surface area contributed by atoms with Gasteiger partial charge in [0.2, 0.25) is 5.91 Å². The smallest absolute Gasteiger partial charge is 0.306 e. The van der Waals surface area contributed by atoms with Gasteiger partial charge in [0.1, 0.15) is 6.10 Å². The first kappa shape index (κ1) is 58.0. The van der Waals surface area contributed by atoms with Crippen molar-refractivity contribution in [3.8, 4) is 0 Å². The van der Waals surface area contributed by atoms with Crippen LogP contribution in [0.5, 0.6) is 0 Å². The van der Waals surface area contributed by atoms with Crippen LogP contribution in [0, 0.1) is 0 Å². The Labute approximate surface area is 376 Å². The molecular weight excluding hydrogens is 755 g/mol. The van der Waals surface area contributed by atoms with E-state index in [2.05, 4.69) is 74.7 Å². The highest BCUT2D eigenvalue weighted by molar-refractivity contribution is 5.77. The van der Waals surface area contributed by atoms with Crippen molar-refractivity contribution >= 4 is 11.9 Å². The third-order valence-electron chi connectivity index (χ3n) is 11.1. The SMILES string of the molecule is CC/C=C/C=C/C=C\C=C/CCCC(CC(=O)NC(CO)C(O)CCCCCCCCCCCCCCCCCC)OC(=O)CCCCCCCCC/C=C/C=C/C=C/CC. The quantitative estimate of drug-likeness (QED) is 0.0322. The van der Waals surface area contributed by atoms with Gasteiger partial charge in [-0.2, -0.15) is 0 Å². The van der Waals surface area contributed by atoms with Crippen molar-refractivity contribution < 1.29 is 24.5 Å². The summed E-state index contributed by atoms with van der Waals surface area (Å²) in [5, 5.41) is 23.7. The molecule has 0 rings (SSSR count).